The van der Waals surface area contributed by atoms with Gasteiger partial charge in [-0.2, -0.15) is 0 Å². The summed E-state index contributed by atoms with van der Waals surface area (Å²) in [4.78, 5) is 10.7. The van der Waals surface area contributed by atoms with Crippen molar-refractivity contribution < 1.29 is 35.8 Å². The predicted molar refractivity (Wildman–Crippen MR) is 59.1 cm³/mol. The SMILES string of the molecule is O=C(O)c1cc[n+](Cc2cccc(F)c2)cc1.[Br-]. The van der Waals surface area contributed by atoms with E-state index in [0.717, 1.165) is 5.56 Å². The number of aromatic nitrogens is 1. The Morgan fingerprint density at radius 3 is 2.44 bits per heavy atom. The molecule has 2 aromatic rings. The number of halogens is 2. The highest BCUT2D eigenvalue weighted by Gasteiger charge is 2.07. The molecule has 2 rings (SSSR count). The van der Waals surface area contributed by atoms with Crippen LogP contribution in [0.2, 0.25) is 0 Å². The third kappa shape index (κ3) is 3.63. The summed E-state index contributed by atoms with van der Waals surface area (Å²) >= 11 is 0. The molecule has 0 radical (unpaired) electrons. The Kier molecular flexibility index (Phi) is 4.97. The van der Waals surface area contributed by atoms with Crippen LogP contribution in [0, 0.1) is 5.82 Å². The zero-order valence-electron chi connectivity index (χ0n) is 9.38. The molecule has 18 heavy (non-hydrogen) atoms. The van der Waals surface area contributed by atoms with E-state index in [1.807, 2.05) is 6.07 Å². The largest absolute Gasteiger partial charge is 1.00 e. The van der Waals surface area contributed by atoms with E-state index in [4.69, 9.17) is 5.11 Å². The van der Waals surface area contributed by atoms with Gasteiger partial charge in [-0.1, -0.05) is 12.1 Å². The van der Waals surface area contributed by atoms with E-state index in [1.165, 1.54) is 24.3 Å². The quantitative estimate of drug-likeness (QED) is 0.728. The molecule has 1 heterocycles. The Labute approximate surface area is 114 Å². The Morgan fingerprint density at radius 2 is 1.89 bits per heavy atom. The number of pyridine rings is 1. The molecule has 1 aromatic heterocycles. The second-order valence-electron chi connectivity index (χ2n) is 3.69. The van der Waals surface area contributed by atoms with E-state index in [-0.39, 0.29) is 28.4 Å². The van der Waals surface area contributed by atoms with E-state index in [2.05, 4.69) is 0 Å². The van der Waals surface area contributed by atoms with Crippen molar-refractivity contribution in [2.75, 3.05) is 0 Å². The Balaban J connectivity index is 0.00000162. The van der Waals surface area contributed by atoms with Crippen LogP contribution in [0.5, 0.6) is 0 Å². The highest BCUT2D eigenvalue weighted by molar-refractivity contribution is 5.87. The molecule has 0 spiro atoms. The molecule has 0 fully saturated rings. The lowest BCUT2D eigenvalue weighted by molar-refractivity contribution is -0.688. The fourth-order valence-corrected chi connectivity index (χ4v) is 1.55. The van der Waals surface area contributed by atoms with E-state index in [1.54, 1.807) is 23.0 Å². The number of carboxylic acids is 1. The number of benzene rings is 1. The van der Waals surface area contributed by atoms with Crippen molar-refractivity contribution in [2.45, 2.75) is 6.54 Å². The third-order valence-corrected chi connectivity index (χ3v) is 2.39. The maximum atomic E-state index is 13.0. The summed E-state index contributed by atoms with van der Waals surface area (Å²) in [6.07, 6.45) is 3.32. The first-order valence-corrected chi connectivity index (χ1v) is 5.12. The third-order valence-electron chi connectivity index (χ3n) is 2.39. The average Bonchev–Trinajstić information content (AvgIpc) is 2.29. The van der Waals surface area contributed by atoms with Crippen LogP contribution in [0.3, 0.4) is 0 Å². The maximum Gasteiger partial charge on any atom is 0.336 e. The molecule has 1 N–H and O–H groups in total. The summed E-state index contributed by atoms with van der Waals surface area (Å²) in [7, 11) is 0. The number of hydrogen-bond acceptors (Lipinski definition) is 1. The van der Waals surface area contributed by atoms with Gasteiger partial charge < -0.3 is 22.1 Å². The lowest BCUT2D eigenvalue weighted by Gasteiger charge is -1.98. The fourth-order valence-electron chi connectivity index (χ4n) is 1.55. The highest BCUT2D eigenvalue weighted by atomic mass is 79.9. The van der Waals surface area contributed by atoms with Crippen molar-refractivity contribution in [1.82, 2.24) is 0 Å². The van der Waals surface area contributed by atoms with Crippen LogP contribution in [0.4, 0.5) is 4.39 Å². The second-order valence-corrected chi connectivity index (χ2v) is 3.69. The van der Waals surface area contributed by atoms with Crippen LogP contribution in [-0.4, -0.2) is 11.1 Å². The lowest BCUT2D eigenvalue weighted by Crippen LogP contribution is -3.00. The van der Waals surface area contributed by atoms with E-state index in [9.17, 15) is 9.18 Å². The predicted octanol–water partition coefficient (Wildman–Crippen LogP) is -1.14. The smallest absolute Gasteiger partial charge is 0.336 e. The minimum Gasteiger partial charge on any atom is -1.00 e. The first-order valence-electron chi connectivity index (χ1n) is 5.12. The topological polar surface area (TPSA) is 41.2 Å². The molecule has 0 aliphatic heterocycles. The number of aromatic carboxylic acids is 1. The zero-order valence-corrected chi connectivity index (χ0v) is 11.0. The van der Waals surface area contributed by atoms with Crippen LogP contribution < -0.4 is 21.5 Å². The van der Waals surface area contributed by atoms with Crippen molar-refractivity contribution >= 4 is 5.97 Å². The molecule has 0 amide bonds. The molecule has 0 atom stereocenters. The maximum absolute atomic E-state index is 13.0. The summed E-state index contributed by atoms with van der Waals surface area (Å²) in [5.74, 6) is -1.23. The van der Waals surface area contributed by atoms with E-state index in [0.29, 0.717) is 6.54 Å². The van der Waals surface area contributed by atoms with Crippen LogP contribution in [0.15, 0.2) is 48.8 Å². The molecule has 0 saturated heterocycles. The Hall–Kier alpha value is -1.75. The van der Waals surface area contributed by atoms with Crippen molar-refractivity contribution in [3.63, 3.8) is 0 Å². The van der Waals surface area contributed by atoms with Gasteiger partial charge in [0.1, 0.15) is 5.82 Å². The van der Waals surface area contributed by atoms with Gasteiger partial charge in [-0.05, 0) is 12.1 Å². The molecule has 3 nitrogen and oxygen atoms in total. The molecular formula is C13H11BrFNO2. The molecule has 0 bridgehead atoms. The monoisotopic (exact) mass is 311 g/mol. The Morgan fingerprint density at radius 1 is 1.22 bits per heavy atom. The molecule has 0 unspecified atom stereocenters. The van der Waals surface area contributed by atoms with Crippen molar-refractivity contribution in [3.8, 4) is 0 Å². The summed E-state index contributed by atoms with van der Waals surface area (Å²) in [6.45, 7) is 0.512. The minimum atomic E-state index is -0.956. The lowest BCUT2D eigenvalue weighted by atomic mass is 10.2. The van der Waals surface area contributed by atoms with Gasteiger partial charge in [0.2, 0.25) is 0 Å². The number of rotatable bonds is 3. The van der Waals surface area contributed by atoms with Gasteiger partial charge in [0.15, 0.2) is 18.9 Å². The van der Waals surface area contributed by atoms with Crippen molar-refractivity contribution in [2.24, 2.45) is 0 Å². The first kappa shape index (κ1) is 14.3. The first-order chi connectivity index (χ1) is 8.15. The highest BCUT2D eigenvalue weighted by Crippen LogP contribution is 2.03. The van der Waals surface area contributed by atoms with Gasteiger partial charge in [-0.3, -0.25) is 0 Å². The van der Waals surface area contributed by atoms with Gasteiger partial charge in [-0.15, -0.1) is 0 Å². The normalized spacial score (nSPS) is 9.61. The van der Waals surface area contributed by atoms with Gasteiger partial charge in [0.05, 0.1) is 5.56 Å². The number of carbonyl (C=O) groups is 1. The van der Waals surface area contributed by atoms with Gasteiger partial charge >= 0.3 is 5.97 Å². The fraction of sp³-hybridized carbons (Fsp3) is 0.0769. The van der Waals surface area contributed by atoms with E-state index < -0.39 is 5.97 Å². The standard InChI is InChI=1S/C13H10FNO2.BrH/c14-12-3-1-2-10(8-12)9-15-6-4-11(5-7-15)13(16)17;/h1-8H,9H2;1H. The Bertz CT molecular complexity index is 543. The summed E-state index contributed by atoms with van der Waals surface area (Å²) < 4.78 is 14.7. The van der Waals surface area contributed by atoms with E-state index >= 15 is 0 Å². The van der Waals surface area contributed by atoms with Crippen LogP contribution >= 0.6 is 0 Å². The van der Waals surface area contributed by atoms with Gasteiger partial charge in [0.25, 0.3) is 0 Å². The molecular weight excluding hydrogens is 301 g/mol. The number of hydrogen-bond donors (Lipinski definition) is 1. The molecule has 5 heteroatoms. The minimum absolute atomic E-state index is 0. The van der Waals surface area contributed by atoms with Gasteiger partial charge in [-0.25, -0.2) is 13.8 Å². The number of nitrogens with zero attached hydrogens (tertiary/aromatic N) is 1. The van der Waals surface area contributed by atoms with Crippen molar-refractivity contribution in [1.29, 1.82) is 0 Å². The second kappa shape index (κ2) is 6.26. The number of carboxylic acid groups (broad SMARTS) is 1. The van der Waals surface area contributed by atoms with Crippen LogP contribution in [0.25, 0.3) is 0 Å². The van der Waals surface area contributed by atoms with Crippen molar-refractivity contribution in [3.05, 3.63) is 65.7 Å². The molecule has 0 aliphatic rings. The summed E-state index contributed by atoms with van der Waals surface area (Å²) in [6, 6.07) is 9.35. The molecule has 0 aliphatic carbocycles. The summed E-state index contributed by atoms with van der Waals surface area (Å²) in [5, 5.41) is 8.74. The molecule has 94 valence electrons. The molecule has 1 aromatic carbocycles. The van der Waals surface area contributed by atoms with Crippen LogP contribution in [-0.2, 0) is 6.54 Å². The zero-order chi connectivity index (χ0) is 12.3. The molecule has 0 saturated carbocycles. The average molecular weight is 312 g/mol. The van der Waals surface area contributed by atoms with Crippen LogP contribution in [0.1, 0.15) is 15.9 Å². The van der Waals surface area contributed by atoms with Gasteiger partial charge in [0, 0.05) is 17.7 Å². The summed E-state index contributed by atoms with van der Waals surface area (Å²) in [5.41, 5.74) is 1.07.